The number of benzene rings is 1. The van der Waals surface area contributed by atoms with E-state index >= 15 is 0 Å². The molecule has 4 nitrogen and oxygen atoms in total. The fourth-order valence-corrected chi connectivity index (χ4v) is 3.45. The van der Waals surface area contributed by atoms with Crippen molar-refractivity contribution < 1.29 is 14.5 Å². The van der Waals surface area contributed by atoms with Crippen LogP contribution in [0.2, 0.25) is 0 Å². The second-order valence-corrected chi connectivity index (χ2v) is 6.23. The van der Waals surface area contributed by atoms with Gasteiger partial charge in [-0.25, -0.2) is 4.90 Å². The normalized spacial score (nSPS) is 24.4. The SMILES string of the molecule is Cc1ccc(N2C(=O)CC([NH+]3CCCCCC3)C2=O)cc1. The van der Waals surface area contributed by atoms with E-state index in [4.69, 9.17) is 0 Å². The summed E-state index contributed by atoms with van der Waals surface area (Å²) >= 11 is 0. The molecule has 2 saturated heterocycles. The summed E-state index contributed by atoms with van der Waals surface area (Å²) in [6.45, 7) is 4.04. The van der Waals surface area contributed by atoms with Crippen molar-refractivity contribution in [1.29, 1.82) is 0 Å². The number of anilines is 1. The molecule has 112 valence electrons. The Morgan fingerprint density at radius 3 is 2.24 bits per heavy atom. The first kappa shape index (κ1) is 14.3. The zero-order valence-corrected chi connectivity index (χ0v) is 12.6. The first-order valence-corrected chi connectivity index (χ1v) is 7.95. The van der Waals surface area contributed by atoms with Crippen LogP contribution < -0.4 is 9.80 Å². The van der Waals surface area contributed by atoms with E-state index in [-0.39, 0.29) is 17.9 Å². The summed E-state index contributed by atoms with van der Waals surface area (Å²) in [5, 5.41) is 0. The van der Waals surface area contributed by atoms with Crippen molar-refractivity contribution in [3.8, 4) is 0 Å². The fourth-order valence-electron chi connectivity index (χ4n) is 3.45. The highest BCUT2D eigenvalue weighted by Crippen LogP contribution is 2.22. The lowest BCUT2D eigenvalue weighted by Gasteiger charge is -2.22. The minimum absolute atomic E-state index is 0.0132. The first-order chi connectivity index (χ1) is 10.2. The number of imide groups is 1. The molecule has 1 aromatic rings. The second-order valence-electron chi connectivity index (χ2n) is 6.23. The van der Waals surface area contributed by atoms with Crippen LogP contribution in [0.5, 0.6) is 0 Å². The Morgan fingerprint density at radius 1 is 1.00 bits per heavy atom. The molecule has 2 aliphatic heterocycles. The van der Waals surface area contributed by atoms with Gasteiger partial charge in [0.15, 0.2) is 6.04 Å². The smallest absolute Gasteiger partial charge is 0.292 e. The van der Waals surface area contributed by atoms with Crippen LogP contribution in [0.4, 0.5) is 5.69 Å². The van der Waals surface area contributed by atoms with Crippen LogP contribution in [0.3, 0.4) is 0 Å². The van der Waals surface area contributed by atoms with E-state index in [1.54, 1.807) is 0 Å². The molecule has 2 heterocycles. The third-order valence-electron chi connectivity index (χ3n) is 4.68. The number of hydrogen-bond donors (Lipinski definition) is 1. The highest BCUT2D eigenvalue weighted by molar-refractivity contribution is 6.21. The van der Waals surface area contributed by atoms with Gasteiger partial charge in [-0.2, -0.15) is 0 Å². The van der Waals surface area contributed by atoms with E-state index in [2.05, 4.69) is 0 Å². The van der Waals surface area contributed by atoms with Gasteiger partial charge >= 0.3 is 0 Å². The van der Waals surface area contributed by atoms with E-state index in [1.807, 2.05) is 31.2 Å². The fraction of sp³-hybridized carbons (Fsp3) is 0.529. The van der Waals surface area contributed by atoms with Gasteiger partial charge in [-0.3, -0.25) is 9.59 Å². The molecule has 1 aromatic carbocycles. The van der Waals surface area contributed by atoms with Gasteiger partial charge in [0, 0.05) is 0 Å². The van der Waals surface area contributed by atoms with Crippen LogP contribution in [0.15, 0.2) is 24.3 Å². The van der Waals surface area contributed by atoms with Gasteiger partial charge in [0.05, 0.1) is 25.2 Å². The molecule has 0 aliphatic carbocycles. The molecule has 1 atom stereocenters. The zero-order chi connectivity index (χ0) is 14.8. The maximum atomic E-state index is 12.7. The largest absolute Gasteiger partial charge is 0.324 e. The van der Waals surface area contributed by atoms with Gasteiger partial charge in [-0.05, 0) is 44.7 Å². The molecule has 0 aromatic heterocycles. The summed E-state index contributed by atoms with van der Waals surface area (Å²) in [4.78, 5) is 27.7. The summed E-state index contributed by atoms with van der Waals surface area (Å²) in [7, 11) is 0. The second kappa shape index (κ2) is 5.98. The molecule has 2 amide bonds. The molecule has 1 unspecified atom stereocenters. The van der Waals surface area contributed by atoms with Crippen molar-refractivity contribution in [1.82, 2.24) is 0 Å². The lowest BCUT2D eigenvalue weighted by atomic mass is 10.2. The van der Waals surface area contributed by atoms with Crippen LogP contribution in [0.25, 0.3) is 0 Å². The zero-order valence-electron chi connectivity index (χ0n) is 12.6. The number of rotatable bonds is 2. The number of hydrogen-bond acceptors (Lipinski definition) is 2. The molecular formula is C17H23N2O2+. The molecule has 1 N–H and O–H groups in total. The monoisotopic (exact) mass is 287 g/mol. The lowest BCUT2D eigenvalue weighted by Crippen LogP contribution is -3.16. The molecule has 0 saturated carbocycles. The number of nitrogens with one attached hydrogen (secondary N) is 1. The molecule has 0 radical (unpaired) electrons. The summed E-state index contributed by atoms with van der Waals surface area (Å²) in [5.74, 6) is -0.0636. The summed E-state index contributed by atoms with van der Waals surface area (Å²) < 4.78 is 0. The Balaban J connectivity index is 1.79. The maximum absolute atomic E-state index is 12.7. The quantitative estimate of drug-likeness (QED) is 0.827. The number of nitrogens with zero attached hydrogens (tertiary/aromatic N) is 1. The van der Waals surface area contributed by atoms with Crippen LogP contribution in [-0.2, 0) is 9.59 Å². The van der Waals surface area contributed by atoms with Crippen LogP contribution >= 0.6 is 0 Å². The number of quaternary nitrogens is 1. The van der Waals surface area contributed by atoms with E-state index in [0.29, 0.717) is 12.1 Å². The summed E-state index contributed by atoms with van der Waals surface area (Å²) in [6, 6.07) is 7.46. The van der Waals surface area contributed by atoms with Crippen molar-refractivity contribution in [2.24, 2.45) is 0 Å². The first-order valence-electron chi connectivity index (χ1n) is 7.95. The van der Waals surface area contributed by atoms with Crippen LogP contribution in [-0.4, -0.2) is 30.9 Å². The maximum Gasteiger partial charge on any atom is 0.292 e. The third-order valence-corrected chi connectivity index (χ3v) is 4.68. The molecule has 21 heavy (non-hydrogen) atoms. The molecule has 2 aliphatic rings. The molecule has 2 fully saturated rings. The molecule has 0 spiro atoms. The van der Waals surface area contributed by atoms with Gasteiger partial charge in [-0.1, -0.05) is 17.7 Å². The van der Waals surface area contributed by atoms with Crippen molar-refractivity contribution in [3.05, 3.63) is 29.8 Å². The van der Waals surface area contributed by atoms with Gasteiger partial charge in [0.2, 0.25) is 5.91 Å². The lowest BCUT2D eigenvalue weighted by molar-refractivity contribution is -0.914. The Morgan fingerprint density at radius 2 is 1.62 bits per heavy atom. The summed E-state index contributed by atoms with van der Waals surface area (Å²) in [5.41, 5.74) is 1.85. The molecular weight excluding hydrogens is 264 g/mol. The number of likely N-dealkylation sites (tertiary alicyclic amines) is 1. The average molecular weight is 287 g/mol. The van der Waals surface area contributed by atoms with Crippen molar-refractivity contribution in [2.45, 2.75) is 45.1 Å². The minimum atomic E-state index is -0.170. The third kappa shape index (κ3) is 2.86. The Labute approximate surface area is 125 Å². The molecule has 3 rings (SSSR count). The van der Waals surface area contributed by atoms with E-state index in [1.165, 1.54) is 22.6 Å². The Kier molecular flexibility index (Phi) is 4.06. The highest BCUT2D eigenvalue weighted by atomic mass is 16.2. The standard InChI is InChI=1S/C17H22N2O2/c1-13-6-8-14(9-7-13)19-16(20)12-15(17(19)21)18-10-4-2-3-5-11-18/h6-9,15H,2-5,10-12H2,1H3/p+1. The number of aryl methyl sites for hydroxylation is 1. The highest BCUT2D eigenvalue weighted by Gasteiger charge is 2.45. The molecule has 0 bridgehead atoms. The van der Waals surface area contributed by atoms with Gasteiger partial charge in [-0.15, -0.1) is 0 Å². The van der Waals surface area contributed by atoms with Crippen LogP contribution in [0, 0.1) is 6.92 Å². The predicted molar refractivity (Wildman–Crippen MR) is 81.2 cm³/mol. The van der Waals surface area contributed by atoms with Crippen molar-refractivity contribution >= 4 is 17.5 Å². The van der Waals surface area contributed by atoms with Crippen molar-refractivity contribution in [2.75, 3.05) is 18.0 Å². The van der Waals surface area contributed by atoms with Crippen LogP contribution in [0.1, 0.15) is 37.7 Å². The summed E-state index contributed by atoms with van der Waals surface area (Å²) in [6.07, 6.45) is 5.19. The van der Waals surface area contributed by atoms with E-state index in [0.717, 1.165) is 31.5 Å². The Bertz CT molecular complexity index is 530. The van der Waals surface area contributed by atoms with Gasteiger partial charge < -0.3 is 4.90 Å². The average Bonchev–Trinajstić information content (AvgIpc) is 2.69. The van der Waals surface area contributed by atoms with Crippen molar-refractivity contribution in [3.63, 3.8) is 0 Å². The van der Waals surface area contributed by atoms with E-state index in [9.17, 15) is 9.59 Å². The van der Waals surface area contributed by atoms with Gasteiger partial charge in [0.1, 0.15) is 0 Å². The number of carbonyl (C=O) groups excluding carboxylic acids is 2. The Hall–Kier alpha value is -1.68. The van der Waals surface area contributed by atoms with E-state index < -0.39 is 0 Å². The van der Waals surface area contributed by atoms with Gasteiger partial charge in [0.25, 0.3) is 5.91 Å². The molecule has 4 heteroatoms. The predicted octanol–water partition coefficient (Wildman–Crippen LogP) is 1.09. The topological polar surface area (TPSA) is 41.8 Å². The number of amides is 2. The number of carbonyl (C=O) groups is 2. The minimum Gasteiger partial charge on any atom is -0.324 e.